The highest BCUT2D eigenvalue weighted by molar-refractivity contribution is 5.76. The van der Waals surface area contributed by atoms with Crippen LogP contribution in [0.4, 0.5) is 0 Å². The lowest BCUT2D eigenvalue weighted by molar-refractivity contribution is -0.302. The number of aliphatic hydroxyl groups excluding tert-OH is 5. The minimum atomic E-state index is -1.58. The Kier molecular flexibility index (Phi) is 51.4. The molecule has 1 aliphatic heterocycles. The number of esters is 1. The van der Waals surface area contributed by atoms with Crippen LogP contribution >= 0.6 is 0 Å². The van der Waals surface area contributed by atoms with Crippen LogP contribution in [0, 0.1) is 0 Å². The van der Waals surface area contributed by atoms with Crippen LogP contribution in [0.3, 0.4) is 0 Å². The summed E-state index contributed by atoms with van der Waals surface area (Å²) in [5.41, 5.74) is 0. The van der Waals surface area contributed by atoms with E-state index in [4.69, 9.17) is 14.2 Å². The zero-order valence-corrected chi connectivity index (χ0v) is 49.0. The van der Waals surface area contributed by atoms with E-state index in [1.807, 2.05) is 6.08 Å². The van der Waals surface area contributed by atoms with Gasteiger partial charge in [-0.05, 0) is 89.9 Å². The maximum absolute atomic E-state index is 13.1. The monoisotopic (exact) mass is 1070 g/mol. The zero-order chi connectivity index (χ0) is 55.2. The first-order valence-corrected chi connectivity index (χ1v) is 31.9. The third-order valence-electron chi connectivity index (χ3n) is 14.9. The molecule has 7 unspecified atom stereocenters. The summed E-state index contributed by atoms with van der Waals surface area (Å²) in [6.07, 6.45) is 59.2. The fourth-order valence-corrected chi connectivity index (χ4v) is 9.78. The van der Waals surface area contributed by atoms with Crippen LogP contribution in [-0.2, 0) is 23.8 Å². The Bertz CT molecular complexity index is 1400. The number of hydrogen-bond donors (Lipinski definition) is 6. The summed E-state index contributed by atoms with van der Waals surface area (Å²) in [4.78, 5) is 25.1. The summed E-state index contributed by atoms with van der Waals surface area (Å²) < 4.78 is 16.7. The summed E-state index contributed by atoms with van der Waals surface area (Å²) >= 11 is 0. The minimum absolute atomic E-state index is 0.0143. The average molecular weight is 1070 g/mol. The average Bonchev–Trinajstić information content (AvgIpc) is 3.42. The molecule has 0 aromatic rings. The molecule has 1 fully saturated rings. The number of rotatable bonds is 55. The number of carbonyl (C=O) groups excluding carboxylic acids is 2. The van der Waals surface area contributed by atoms with Gasteiger partial charge in [-0.1, -0.05) is 236 Å². The summed E-state index contributed by atoms with van der Waals surface area (Å²) in [6.45, 7) is 4.29. The second kappa shape index (κ2) is 54.6. The molecule has 444 valence electrons. The van der Waals surface area contributed by atoms with Gasteiger partial charge in [-0.15, -0.1) is 0 Å². The smallest absolute Gasteiger partial charge is 0.305 e. The van der Waals surface area contributed by atoms with E-state index in [0.717, 1.165) is 77.0 Å². The largest absolute Gasteiger partial charge is 0.466 e. The van der Waals surface area contributed by atoms with Gasteiger partial charge >= 0.3 is 5.97 Å². The summed E-state index contributed by atoms with van der Waals surface area (Å²) in [5.74, 6) is -0.213. The van der Waals surface area contributed by atoms with E-state index in [1.54, 1.807) is 6.08 Å². The summed E-state index contributed by atoms with van der Waals surface area (Å²) in [7, 11) is 0. The molecule has 0 aromatic heterocycles. The number of aliphatic hydroxyl groups is 5. The standard InChI is InChI=1S/C65H119NO10/c1-3-5-7-9-11-13-15-16-25-28-32-35-39-43-47-51-58(68)57(56-75-65-64(73)63(72)62(71)59(55-67)76-65)66-60(69)52-48-44-40-36-33-29-26-23-21-19-17-18-20-22-24-27-30-34-38-42-46-50-54-74-61(70)53-49-45-41-37-31-14-12-10-8-6-4-2/h10,12,19,21,32,35,47,51,57-59,62-65,67-68,71-73H,3-9,11,13-18,20,22-31,33-34,36-46,48-50,52-56H2,1-2H3,(H,66,69)/b12-10-,21-19-,35-32+,51-47+. The molecule has 0 aromatic carbocycles. The van der Waals surface area contributed by atoms with Gasteiger partial charge in [-0.2, -0.15) is 0 Å². The second-order valence-electron chi connectivity index (χ2n) is 22.1. The predicted molar refractivity (Wildman–Crippen MR) is 315 cm³/mol. The molecular formula is C65H119NO10. The molecule has 1 amide bonds. The Labute approximate surface area is 466 Å². The highest BCUT2D eigenvalue weighted by atomic mass is 16.7. The molecule has 0 saturated carbocycles. The molecule has 0 bridgehead atoms. The van der Waals surface area contributed by atoms with E-state index >= 15 is 0 Å². The number of unbranched alkanes of at least 4 members (excludes halogenated alkanes) is 35. The lowest BCUT2D eigenvalue weighted by Crippen LogP contribution is -2.60. The van der Waals surface area contributed by atoms with Gasteiger partial charge in [0, 0.05) is 12.8 Å². The highest BCUT2D eigenvalue weighted by Crippen LogP contribution is 2.23. The van der Waals surface area contributed by atoms with Crippen molar-refractivity contribution in [1.82, 2.24) is 5.32 Å². The molecular weight excluding hydrogens is 955 g/mol. The van der Waals surface area contributed by atoms with Crippen LogP contribution in [0.1, 0.15) is 290 Å². The van der Waals surface area contributed by atoms with Gasteiger partial charge in [-0.3, -0.25) is 9.59 Å². The number of ether oxygens (including phenoxy) is 3. The lowest BCUT2D eigenvalue weighted by Gasteiger charge is -2.40. The number of nitrogens with one attached hydrogen (secondary N) is 1. The molecule has 7 atom stereocenters. The van der Waals surface area contributed by atoms with Crippen molar-refractivity contribution in [2.75, 3.05) is 19.8 Å². The fourth-order valence-electron chi connectivity index (χ4n) is 9.78. The lowest BCUT2D eigenvalue weighted by atomic mass is 9.99. The van der Waals surface area contributed by atoms with Crippen LogP contribution in [0.5, 0.6) is 0 Å². The third-order valence-corrected chi connectivity index (χ3v) is 14.9. The van der Waals surface area contributed by atoms with Gasteiger partial charge in [0.05, 0.1) is 32.0 Å². The van der Waals surface area contributed by atoms with Gasteiger partial charge in [-0.25, -0.2) is 0 Å². The number of amides is 1. The number of carbonyl (C=O) groups is 2. The molecule has 1 rings (SSSR count). The van der Waals surface area contributed by atoms with Crippen LogP contribution in [0.15, 0.2) is 48.6 Å². The van der Waals surface area contributed by atoms with Crippen LogP contribution in [0.25, 0.3) is 0 Å². The van der Waals surface area contributed by atoms with E-state index in [-0.39, 0.29) is 18.5 Å². The van der Waals surface area contributed by atoms with Crippen molar-refractivity contribution in [2.45, 2.75) is 333 Å². The second-order valence-corrected chi connectivity index (χ2v) is 22.1. The predicted octanol–water partition coefficient (Wildman–Crippen LogP) is 15.2. The quantitative estimate of drug-likeness (QED) is 0.0195. The van der Waals surface area contributed by atoms with Crippen molar-refractivity contribution in [3.8, 4) is 0 Å². The van der Waals surface area contributed by atoms with E-state index in [2.05, 4.69) is 55.6 Å². The SMILES string of the molecule is CCCC/C=C\CCCCCCCC(=O)OCCCCCCCCCCCCC/C=C\CCCCCCCCCC(=O)NC(COC1OC(CO)C(O)C(O)C1O)C(O)/C=C/CC/C=C/CCCCCCCCCCC. The molecule has 0 spiro atoms. The van der Waals surface area contributed by atoms with Crippen molar-refractivity contribution < 1.29 is 49.3 Å². The maximum Gasteiger partial charge on any atom is 0.305 e. The first-order valence-electron chi connectivity index (χ1n) is 31.9. The number of hydrogen-bond acceptors (Lipinski definition) is 10. The van der Waals surface area contributed by atoms with Gasteiger partial charge in [0.15, 0.2) is 6.29 Å². The van der Waals surface area contributed by atoms with Gasteiger partial charge in [0.2, 0.25) is 5.91 Å². The maximum atomic E-state index is 13.1. The molecule has 1 saturated heterocycles. The Hall–Kier alpha value is -2.38. The molecule has 0 aliphatic carbocycles. The van der Waals surface area contributed by atoms with Gasteiger partial charge in [0.25, 0.3) is 0 Å². The van der Waals surface area contributed by atoms with E-state index in [9.17, 15) is 35.1 Å². The van der Waals surface area contributed by atoms with E-state index < -0.39 is 49.5 Å². The fraction of sp³-hybridized carbons (Fsp3) is 0.846. The molecule has 0 radical (unpaired) electrons. The Morgan fingerprint density at radius 1 is 0.474 bits per heavy atom. The van der Waals surface area contributed by atoms with Crippen LogP contribution in [0.2, 0.25) is 0 Å². The van der Waals surface area contributed by atoms with Crippen molar-refractivity contribution in [1.29, 1.82) is 0 Å². The molecule has 1 aliphatic rings. The highest BCUT2D eigenvalue weighted by Gasteiger charge is 2.44. The molecule has 76 heavy (non-hydrogen) atoms. The van der Waals surface area contributed by atoms with Crippen molar-refractivity contribution >= 4 is 11.9 Å². The molecule has 6 N–H and O–H groups in total. The third kappa shape index (κ3) is 43.5. The Morgan fingerprint density at radius 2 is 0.868 bits per heavy atom. The topological polar surface area (TPSA) is 175 Å². The van der Waals surface area contributed by atoms with Crippen LogP contribution in [-0.4, -0.2) is 100 Å². The van der Waals surface area contributed by atoms with Crippen molar-refractivity contribution in [2.24, 2.45) is 0 Å². The summed E-state index contributed by atoms with van der Waals surface area (Å²) in [6, 6.07) is -0.834. The van der Waals surface area contributed by atoms with Gasteiger partial charge in [0.1, 0.15) is 24.4 Å². The number of allylic oxidation sites excluding steroid dienone is 7. The molecule has 11 heteroatoms. The molecule has 1 heterocycles. The van der Waals surface area contributed by atoms with Crippen molar-refractivity contribution in [3.05, 3.63) is 48.6 Å². The minimum Gasteiger partial charge on any atom is -0.466 e. The summed E-state index contributed by atoms with van der Waals surface area (Å²) in [5, 5.41) is 54.5. The van der Waals surface area contributed by atoms with E-state index in [0.29, 0.717) is 19.4 Å². The zero-order valence-electron chi connectivity index (χ0n) is 49.0. The Morgan fingerprint density at radius 3 is 1.34 bits per heavy atom. The van der Waals surface area contributed by atoms with Crippen molar-refractivity contribution in [3.63, 3.8) is 0 Å². The van der Waals surface area contributed by atoms with Gasteiger partial charge < -0.3 is 45.1 Å². The Balaban J connectivity index is 2.10. The first kappa shape index (κ1) is 71.6. The van der Waals surface area contributed by atoms with E-state index in [1.165, 1.54) is 186 Å². The normalized spacial score (nSPS) is 19.0. The first-order chi connectivity index (χ1) is 37.2. The van der Waals surface area contributed by atoms with Crippen LogP contribution < -0.4 is 5.32 Å². The molecule has 11 nitrogen and oxygen atoms in total.